The Hall–Kier alpha value is -3.06. The molecular formula is C23H26N2O2. The third kappa shape index (κ3) is 5.72. The Balaban J connectivity index is 2.04. The molecule has 2 rings (SSSR count). The van der Waals surface area contributed by atoms with Crippen LogP contribution in [0.3, 0.4) is 0 Å². The highest BCUT2D eigenvalue weighted by Crippen LogP contribution is 2.21. The molecule has 4 heteroatoms. The molecule has 0 aliphatic carbocycles. The number of nitriles is 1. The molecule has 0 aliphatic rings. The van der Waals surface area contributed by atoms with Gasteiger partial charge >= 0.3 is 0 Å². The Morgan fingerprint density at radius 3 is 2.37 bits per heavy atom. The first-order chi connectivity index (χ1) is 13.1. The fourth-order valence-corrected chi connectivity index (χ4v) is 2.80. The third-order valence-electron chi connectivity index (χ3n) is 4.38. The van der Waals surface area contributed by atoms with Crippen molar-refractivity contribution in [1.29, 1.82) is 5.26 Å². The van der Waals surface area contributed by atoms with Crippen molar-refractivity contribution < 1.29 is 9.53 Å². The molecular weight excluding hydrogens is 336 g/mol. The van der Waals surface area contributed by atoms with E-state index in [2.05, 4.69) is 13.0 Å². The molecule has 0 radical (unpaired) electrons. The number of nitrogens with zero attached hydrogens (tertiary/aromatic N) is 2. The quantitative estimate of drug-likeness (QED) is 0.623. The maximum Gasteiger partial charge on any atom is 0.247 e. The number of rotatable bonds is 8. The van der Waals surface area contributed by atoms with E-state index in [9.17, 15) is 4.79 Å². The van der Waals surface area contributed by atoms with Gasteiger partial charge in [-0.3, -0.25) is 4.79 Å². The van der Waals surface area contributed by atoms with E-state index in [0.29, 0.717) is 18.7 Å². The van der Waals surface area contributed by atoms with Crippen LogP contribution in [0, 0.1) is 11.3 Å². The van der Waals surface area contributed by atoms with E-state index in [1.807, 2.05) is 56.3 Å². The monoisotopic (exact) mass is 362 g/mol. The molecule has 27 heavy (non-hydrogen) atoms. The molecule has 0 N–H and O–H groups in total. The predicted octanol–water partition coefficient (Wildman–Crippen LogP) is 4.97. The first-order valence-electron chi connectivity index (χ1n) is 9.30. The maximum absolute atomic E-state index is 12.7. The van der Waals surface area contributed by atoms with Crippen LogP contribution in [-0.2, 0) is 4.79 Å². The second-order valence-electron chi connectivity index (χ2n) is 6.28. The Morgan fingerprint density at radius 1 is 1.15 bits per heavy atom. The van der Waals surface area contributed by atoms with Gasteiger partial charge in [-0.2, -0.15) is 5.26 Å². The van der Waals surface area contributed by atoms with Crippen molar-refractivity contribution in [2.75, 3.05) is 13.2 Å². The van der Waals surface area contributed by atoms with Crippen LogP contribution in [0.25, 0.3) is 6.08 Å². The molecule has 0 saturated carbocycles. The normalized spacial score (nSPS) is 11.8. The van der Waals surface area contributed by atoms with Gasteiger partial charge in [0.15, 0.2) is 0 Å². The molecule has 0 aromatic heterocycles. The van der Waals surface area contributed by atoms with Crippen LogP contribution in [0.5, 0.6) is 5.75 Å². The van der Waals surface area contributed by atoms with E-state index in [0.717, 1.165) is 23.3 Å². The van der Waals surface area contributed by atoms with Gasteiger partial charge in [-0.25, -0.2) is 0 Å². The zero-order valence-electron chi connectivity index (χ0n) is 16.2. The maximum atomic E-state index is 12.7. The summed E-state index contributed by atoms with van der Waals surface area (Å²) in [6, 6.07) is 17.1. The minimum Gasteiger partial charge on any atom is -0.494 e. The van der Waals surface area contributed by atoms with Gasteiger partial charge in [-0.15, -0.1) is 0 Å². The van der Waals surface area contributed by atoms with Gasteiger partial charge in [-0.1, -0.05) is 31.2 Å². The summed E-state index contributed by atoms with van der Waals surface area (Å²) in [6.07, 6.45) is 4.39. The van der Waals surface area contributed by atoms with Crippen molar-refractivity contribution in [2.45, 2.75) is 33.2 Å². The molecule has 0 spiro atoms. The van der Waals surface area contributed by atoms with Crippen molar-refractivity contribution in [3.8, 4) is 11.8 Å². The second-order valence-corrected chi connectivity index (χ2v) is 6.28. The second kappa shape index (κ2) is 10.2. The van der Waals surface area contributed by atoms with Crippen molar-refractivity contribution in [2.24, 2.45) is 0 Å². The number of amides is 1. The van der Waals surface area contributed by atoms with E-state index < -0.39 is 0 Å². The highest BCUT2D eigenvalue weighted by atomic mass is 16.5. The largest absolute Gasteiger partial charge is 0.494 e. The van der Waals surface area contributed by atoms with Gasteiger partial charge < -0.3 is 9.64 Å². The van der Waals surface area contributed by atoms with Crippen molar-refractivity contribution in [1.82, 2.24) is 4.90 Å². The number of benzene rings is 2. The van der Waals surface area contributed by atoms with E-state index in [4.69, 9.17) is 10.00 Å². The molecule has 4 nitrogen and oxygen atoms in total. The number of ether oxygens (including phenoxy) is 1. The molecule has 2 aromatic rings. The number of carbonyl (C=O) groups is 1. The topological polar surface area (TPSA) is 53.3 Å². The van der Waals surface area contributed by atoms with E-state index in [1.165, 1.54) is 0 Å². The van der Waals surface area contributed by atoms with Crippen molar-refractivity contribution in [3.63, 3.8) is 0 Å². The Bertz CT molecular complexity index is 802. The van der Waals surface area contributed by atoms with Gasteiger partial charge in [0, 0.05) is 12.6 Å². The van der Waals surface area contributed by atoms with Crippen LogP contribution in [0.4, 0.5) is 0 Å². The molecule has 140 valence electrons. The van der Waals surface area contributed by atoms with Crippen LogP contribution in [0.15, 0.2) is 54.6 Å². The van der Waals surface area contributed by atoms with Gasteiger partial charge in [0.25, 0.3) is 0 Å². The van der Waals surface area contributed by atoms with Gasteiger partial charge in [0.2, 0.25) is 5.91 Å². The molecule has 0 bridgehead atoms. The van der Waals surface area contributed by atoms with Crippen LogP contribution in [0.1, 0.15) is 49.9 Å². The average molecular weight is 362 g/mol. The van der Waals surface area contributed by atoms with Crippen LogP contribution in [0.2, 0.25) is 0 Å². The average Bonchev–Trinajstić information content (AvgIpc) is 2.72. The fraction of sp³-hybridized carbons (Fsp3) is 0.304. The molecule has 1 atom stereocenters. The minimum atomic E-state index is -0.0651. The molecule has 2 aromatic carbocycles. The lowest BCUT2D eigenvalue weighted by Gasteiger charge is -2.27. The third-order valence-corrected chi connectivity index (χ3v) is 4.38. The van der Waals surface area contributed by atoms with Crippen molar-refractivity contribution >= 4 is 12.0 Å². The van der Waals surface area contributed by atoms with Crippen LogP contribution in [-0.4, -0.2) is 24.0 Å². The Labute approximate surface area is 161 Å². The Morgan fingerprint density at radius 2 is 1.81 bits per heavy atom. The summed E-state index contributed by atoms with van der Waals surface area (Å²) < 4.78 is 5.57. The summed E-state index contributed by atoms with van der Waals surface area (Å²) in [7, 11) is 0. The summed E-state index contributed by atoms with van der Waals surface area (Å²) in [4.78, 5) is 14.5. The standard InChI is InChI=1S/C23H26N2O2/c1-4-16-27-22-13-8-19(9-14-22)10-15-23(26)25(5-2)18(3)21-11-6-20(17-24)7-12-21/h6-15,18H,4-5,16H2,1-3H3/b15-10+. The molecule has 0 fully saturated rings. The summed E-state index contributed by atoms with van der Waals surface area (Å²) in [6.45, 7) is 7.34. The zero-order valence-corrected chi connectivity index (χ0v) is 16.2. The smallest absolute Gasteiger partial charge is 0.247 e. The summed E-state index contributed by atoms with van der Waals surface area (Å²) in [5.41, 5.74) is 2.58. The number of carbonyl (C=O) groups excluding carboxylic acids is 1. The van der Waals surface area contributed by atoms with Crippen LogP contribution < -0.4 is 4.74 Å². The molecule has 1 unspecified atom stereocenters. The molecule has 0 heterocycles. The SMILES string of the molecule is CCCOc1ccc(/C=C/C(=O)N(CC)C(C)c2ccc(C#N)cc2)cc1. The number of hydrogen-bond acceptors (Lipinski definition) is 3. The van der Waals surface area contributed by atoms with E-state index in [-0.39, 0.29) is 11.9 Å². The highest BCUT2D eigenvalue weighted by molar-refractivity contribution is 5.92. The predicted molar refractivity (Wildman–Crippen MR) is 108 cm³/mol. The van der Waals surface area contributed by atoms with Gasteiger partial charge in [0.05, 0.1) is 24.3 Å². The number of hydrogen-bond donors (Lipinski definition) is 0. The zero-order chi connectivity index (χ0) is 19.6. The summed E-state index contributed by atoms with van der Waals surface area (Å²) >= 11 is 0. The van der Waals surface area contributed by atoms with E-state index >= 15 is 0 Å². The van der Waals surface area contributed by atoms with Crippen LogP contribution >= 0.6 is 0 Å². The lowest BCUT2D eigenvalue weighted by molar-refractivity contribution is -0.127. The fourth-order valence-electron chi connectivity index (χ4n) is 2.80. The lowest BCUT2D eigenvalue weighted by atomic mass is 10.0. The summed E-state index contributed by atoms with van der Waals surface area (Å²) in [5.74, 6) is 0.797. The van der Waals surface area contributed by atoms with Crippen molar-refractivity contribution in [3.05, 3.63) is 71.3 Å². The van der Waals surface area contributed by atoms with Gasteiger partial charge in [-0.05, 0) is 61.7 Å². The minimum absolute atomic E-state index is 0.0410. The molecule has 0 saturated heterocycles. The summed E-state index contributed by atoms with van der Waals surface area (Å²) in [5, 5.41) is 8.92. The first kappa shape index (κ1) is 20.3. The highest BCUT2D eigenvalue weighted by Gasteiger charge is 2.17. The lowest BCUT2D eigenvalue weighted by Crippen LogP contribution is -2.32. The first-order valence-corrected chi connectivity index (χ1v) is 9.30. The molecule has 0 aliphatic heterocycles. The number of likely N-dealkylation sites (N-methyl/N-ethyl adjacent to an activating group) is 1. The molecule has 1 amide bonds. The van der Waals surface area contributed by atoms with E-state index in [1.54, 1.807) is 23.1 Å². The Kier molecular flexibility index (Phi) is 7.63. The van der Waals surface area contributed by atoms with Gasteiger partial charge in [0.1, 0.15) is 5.75 Å².